The second-order valence-electron chi connectivity index (χ2n) is 9.30. The first-order chi connectivity index (χ1) is 15.5. The molecule has 2 aromatic rings. The molecule has 4 rings (SSSR count). The Labute approximate surface area is 193 Å². The van der Waals surface area contributed by atoms with Gasteiger partial charge in [-0.25, -0.2) is 13.1 Å². The largest absolute Gasteiger partial charge is 0.497 e. The molecule has 2 aromatic carbocycles. The molecule has 3 atom stereocenters. The quantitative estimate of drug-likeness (QED) is 0.632. The normalized spacial score (nSPS) is 23.6. The molecule has 0 spiro atoms. The van der Waals surface area contributed by atoms with E-state index in [0.717, 1.165) is 49.2 Å². The van der Waals surface area contributed by atoms with Gasteiger partial charge in [0.1, 0.15) is 5.75 Å². The first-order valence-electron chi connectivity index (χ1n) is 11.9. The molecule has 32 heavy (non-hydrogen) atoms. The number of sulfonamides is 1. The molecule has 3 unspecified atom stereocenters. The highest BCUT2D eigenvalue weighted by Gasteiger charge is 2.38. The summed E-state index contributed by atoms with van der Waals surface area (Å²) in [5.74, 6) is 1.03. The van der Waals surface area contributed by atoms with Crippen LogP contribution in [0.1, 0.15) is 62.1 Å². The molecule has 1 saturated heterocycles. The molecule has 1 saturated carbocycles. The van der Waals surface area contributed by atoms with Gasteiger partial charge in [-0.3, -0.25) is 0 Å². The lowest BCUT2D eigenvalue weighted by Crippen LogP contribution is -2.49. The highest BCUT2D eigenvalue weighted by molar-refractivity contribution is 7.89. The number of hydrogen-bond acceptors (Lipinski definition) is 4. The van der Waals surface area contributed by atoms with Crippen molar-refractivity contribution in [3.63, 3.8) is 0 Å². The third-order valence-corrected chi connectivity index (χ3v) is 8.61. The van der Waals surface area contributed by atoms with E-state index in [-0.39, 0.29) is 12.0 Å². The van der Waals surface area contributed by atoms with E-state index in [1.54, 1.807) is 19.2 Å². The first-order valence-corrected chi connectivity index (χ1v) is 13.4. The molecule has 1 heterocycles. The van der Waals surface area contributed by atoms with Crippen LogP contribution in [0.4, 0.5) is 0 Å². The fourth-order valence-corrected chi connectivity index (χ4v) is 6.67. The van der Waals surface area contributed by atoms with Gasteiger partial charge in [-0.2, -0.15) is 0 Å². The number of benzene rings is 2. The van der Waals surface area contributed by atoms with Crippen molar-refractivity contribution in [2.75, 3.05) is 20.2 Å². The van der Waals surface area contributed by atoms with E-state index in [9.17, 15) is 8.42 Å². The summed E-state index contributed by atoms with van der Waals surface area (Å²) in [6.45, 7) is 4.22. The molecule has 0 radical (unpaired) electrons. The molecule has 6 heteroatoms. The zero-order chi connectivity index (χ0) is 22.6. The summed E-state index contributed by atoms with van der Waals surface area (Å²) < 4.78 is 35.3. The maximum Gasteiger partial charge on any atom is 0.241 e. The monoisotopic (exact) mass is 456 g/mol. The average Bonchev–Trinajstić information content (AvgIpc) is 2.83. The van der Waals surface area contributed by atoms with Gasteiger partial charge in [0, 0.05) is 6.04 Å². The Morgan fingerprint density at radius 3 is 2.22 bits per heavy atom. The van der Waals surface area contributed by atoms with Crippen molar-refractivity contribution in [2.45, 2.75) is 68.8 Å². The van der Waals surface area contributed by atoms with Crippen molar-refractivity contribution >= 4 is 10.0 Å². The Morgan fingerprint density at radius 1 is 0.906 bits per heavy atom. The molecule has 0 bridgehead atoms. The molecule has 1 aliphatic heterocycles. The number of ether oxygens (including phenoxy) is 1. The Bertz CT molecular complexity index is 967. The van der Waals surface area contributed by atoms with Gasteiger partial charge >= 0.3 is 0 Å². The predicted octanol–water partition coefficient (Wildman–Crippen LogP) is 5.07. The van der Waals surface area contributed by atoms with E-state index in [1.807, 2.05) is 43.3 Å². The van der Waals surface area contributed by atoms with Crippen molar-refractivity contribution in [1.82, 2.24) is 9.62 Å². The Balaban J connectivity index is 1.68. The molecule has 2 aliphatic rings. The van der Waals surface area contributed by atoms with Gasteiger partial charge in [0.05, 0.1) is 18.0 Å². The van der Waals surface area contributed by atoms with Crippen molar-refractivity contribution in [2.24, 2.45) is 5.92 Å². The van der Waals surface area contributed by atoms with E-state index >= 15 is 0 Å². The Kier molecular flexibility index (Phi) is 7.54. The van der Waals surface area contributed by atoms with Gasteiger partial charge in [-0.1, -0.05) is 49.1 Å². The van der Waals surface area contributed by atoms with Crippen molar-refractivity contribution in [3.05, 3.63) is 59.7 Å². The molecular weight excluding hydrogens is 420 g/mol. The maximum atomic E-state index is 13.4. The molecular formula is C26H36N2O3S. The Morgan fingerprint density at radius 2 is 1.56 bits per heavy atom. The van der Waals surface area contributed by atoms with Gasteiger partial charge in [0.15, 0.2) is 0 Å². The topological polar surface area (TPSA) is 58.6 Å². The van der Waals surface area contributed by atoms with Crippen molar-refractivity contribution in [1.29, 1.82) is 0 Å². The number of nitrogens with zero attached hydrogens (tertiary/aromatic N) is 1. The smallest absolute Gasteiger partial charge is 0.241 e. The molecule has 174 valence electrons. The summed E-state index contributed by atoms with van der Waals surface area (Å²) in [5, 5.41) is 0. The van der Waals surface area contributed by atoms with Crippen LogP contribution in [0.25, 0.3) is 0 Å². The molecule has 2 fully saturated rings. The van der Waals surface area contributed by atoms with Crippen LogP contribution in [0, 0.1) is 12.8 Å². The SMILES string of the molecule is COc1ccc(C(NS(=O)(=O)c2ccc(C)cc2)C2CCCCC2N2CCCCC2)cc1. The van der Waals surface area contributed by atoms with Gasteiger partial charge in [0.2, 0.25) is 10.0 Å². The van der Waals surface area contributed by atoms with E-state index in [0.29, 0.717) is 10.9 Å². The summed E-state index contributed by atoms with van der Waals surface area (Å²) >= 11 is 0. The van der Waals surface area contributed by atoms with Crippen LogP contribution in [0.15, 0.2) is 53.4 Å². The van der Waals surface area contributed by atoms with Crippen LogP contribution in [0.5, 0.6) is 5.75 Å². The van der Waals surface area contributed by atoms with Crippen LogP contribution >= 0.6 is 0 Å². The highest BCUT2D eigenvalue weighted by Crippen LogP contribution is 2.39. The lowest BCUT2D eigenvalue weighted by atomic mass is 9.76. The molecule has 1 aliphatic carbocycles. The van der Waals surface area contributed by atoms with E-state index in [1.165, 1.54) is 25.7 Å². The molecule has 5 nitrogen and oxygen atoms in total. The third-order valence-electron chi connectivity index (χ3n) is 7.16. The zero-order valence-electron chi connectivity index (χ0n) is 19.3. The first kappa shape index (κ1) is 23.3. The van der Waals surface area contributed by atoms with Crippen LogP contribution < -0.4 is 9.46 Å². The standard InChI is InChI=1S/C26H36N2O3S/c1-20-10-16-23(17-11-20)32(29,30)27-26(21-12-14-22(31-2)15-13-21)24-8-4-5-9-25(24)28-18-6-3-7-19-28/h10-17,24-27H,3-9,18-19H2,1-2H3. The van der Waals surface area contributed by atoms with Crippen LogP contribution in [0.3, 0.4) is 0 Å². The minimum absolute atomic E-state index is 0.246. The summed E-state index contributed by atoms with van der Waals surface area (Å²) in [6.07, 6.45) is 8.33. The highest BCUT2D eigenvalue weighted by atomic mass is 32.2. The summed E-state index contributed by atoms with van der Waals surface area (Å²) in [4.78, 5) is 2.95. The molecule has 0 aromatic heterocycles. The second-order valence-corrected chi connectivity index (χ2v) is 11.0. The van der Waals surface area contributed by atoms with Crippen LogP contribution in [-0.4, -0.2) is 39.6 Å². The fourth-order valence-electron chi connectivity index (χ4n) is 5.40. The Hall–Kier alpha value is -1.89. The van der Waals surface area contributed by atoms with Crippen LogP contribution in [-0.2, 0) is 10.0 Å². The zero-order valence-corrected chi connectivity index (χ0v) is 20.1. The number of methoxy groups -OCH3 is 1. The average molecular weight is 457 g/mol. The molecule has 1 N–H and O–H groups in total. The summed E-state index contributed by atoms with van der Waals surface area (Å²) in [5.41, 5.74) is 2.06. The van der Waals surface area contributed by atoms with E-state index in [2.05, 4.69) is 9.62 Å². The minimum Gasteiger partial charge on any atom is -0.497 e. The van der Waals surface area contributed by atoms with E-state index in [4.69, 9.17) is 4.74 Å². The lowest BCUT2D eigenvalue weighted by molar-refractivity contribution is 0.0695. The number of likely N-dealkylation sites (tertiary alicyclic amines) is 1. The number of nitrogens with one attached hydrogen (secondary N) is 1. The number of rotatable bonds is 7. The summed E-state index contributed by atoms with van der Waals surface area (Å²) in [6, 6.07) is 15.2. The number of aryl methyl sites for hydroxylation is 1. The predicted molar refractivity (Wildman–Crippen MR) is 128 cm³/mol. The number of hydrogen-bond donors (Lipinski definition) is 1. The molecule has 0 amide bonds. The summed E-state index contributed by atoms with van der Waals surface area (Å²) in [7, 11) is -1.99. The van der Waals surface area contributed by atoms with E-state index < -0.39 is 10.0 Å². The minimum atomic E-state index is -3.64. The van der Waals surface area contributed by atoms with Gasteiger partial charge < -0.3 is 9.64 Å². The third kappa shape index (κ3) is 5.36. The van der Waals surface area contributed by atoms with Gasteiger partial charge in [0.25, 0.3) is 0 Å². The second kappa shape index (κ2) is 10.4. The van der Waals surface area contributed by atoms with Gasteiger partial charge in [-0.15, -0.1) is 0 Å². The lowest BCUT2D eigenvalue weighted by Gasteiger charge is -2.45. The van der Waals surface area contributed by atoms with Crippen LogP contribution in [0.2, 0.25) is 0 Å². The maximum absolute atomic E-state index is 13.4. The van der Waals surface area contributed by atoms with Crippen molar-refractivity contribution < 1.29 is 13.2 Å². The van der Waals surface area contributed by atoms with Crippen molar-refractivity contribution in [3.8, 4) is 5.75 Å². The number of piperidine rings is 1. The van der Waals surface area contributed by atoms with Gasteiger partial charge in [-0.05, 0) is 81.4 Å². The fraction of sp³-hybridized carbons (Fsp3) is 0.538.